The van der Waals surface area contributed by atoms with Crippen LogP contribution in [0.25, 0.3) is 5.76 Å². The van der Waals surface area contributed by atoms with E-state index in [1.807, 2.05) is 32.0 Å². The van der Waals surface area contributed by atoms with Gasteiger partial charge in [-0.2, -0.15) is 0 Å². The molecule has 1 N–H and O–H groups in total. The summed E-state index contributed by atoms with van der Waals surface area (Å²) in [5, 5.41) is 11.4. The minimum atomic E-state index is -0.952. The highest BCUT2D eigenvalue weighted by atomic mass is 35.5. The Morgan fingerprint density at radius 2 is 1.72 bits per heavy atom. The maximum absolute atomic E-state index is 13.2. The van der Waals surface area contributed by atoms with Crippen molar-refractivity contribution in [2.75, 3.05) is 12.0 Å². The lowest BCUT2D eigenvalue weighted by Gasteiger charge is -2.24. The predicted octanol–water partition coefficient (Wildman–Crippen LogP) is 5.49. The Bertz CT molecular complexity index is 1250. The normalized spacial score (nSPS) is 17.8. The lowest BCUT2D eigenvalue weighted by molar-refractivity contribution is -0.132. The van der Waals surface area contributed by atoms with Crippen molar-refractivity contribution in [3.8, 4) is 5.75 Å². The van der Waals surface area contributed by atoms with Crippen LogP contribution in [0.15, 0.2) is 58.5 Å². The molecule has 164 valence electrons. The average Bonchev–Trinajstić information content (AvgIpc) is 3.28. The van der Waals surface area contributed by atoms with Crippen LogP contribution in [0.3, 0.4) is 0 Å². The number of methoxy groups -OCH3 is 1. The lowest BCUT2D eigenvalue weighted by Crippen LogP contribution is -2.29. The Morgan fingerprint density at radius 3 is 2.31 bits per heavy atom. The van der Waals surface area contributed by atoms with Crippen molar-refractivity contribution < 1.29 is 23.8 Å². The van der Waals surface area contributed by atoms with E-state index in [1.165, 1.54) is 18.1 Å². The van der Waals surface area contributed by atoms with Crippen LogP contribution in [0.2, 0.25) is 5.02 Å². The van der Waals surface area contributed by atoms with E-state index < -0.39 is 23.5 Å². The van der Waals surface area contributed by atoms with Crippen LogP contribution in [-0.4, -0.2) is 23.9 Å². The van der Waals surface area contributed by atoms with Gasteiger partial charge in [0.15, 0.2) is 0 Å². The van der Waals surface area contributed by atoms with Crippen molar-refractivity contribution in [1.82, 2.24) is 0 Å². The molecule has 3 aromatic rings. The van der Waals surface area contributed by atoms with Crippen LogP contribution < -0.4 is 9.64 Å². The van der Waals surface area contributed by atoms with Gasteiger partial charge in [0.2, 0.25) is 0 Å². The van der Waals surface area contributed by atoms with Gasteiger partial charge in [0, 0.05) is 11.3 Å². The molecule has 4 rings (SSSR count). The summed E-state index contributed by atoms with van der Waals surface area (Å²) in [5.74, 6) is -0.538. The summed E-state index contributed by atoms with van der Waals surface area (Å²) in [6, 6.07) is 12.8. The topological polar surface area (TPSA) is 80.0 Å². The lowest BCUT2D eigenvalue weighted by atomic mass is 9.98. The van der Waals surface area contributed by atoms with E-state index in [2.05, 4.69) is 0 Å². The van der Waals surface area contributed by atoms with E-state index in [1.54, 1.807) is 31.2 Å². The van der Waals surface area contributed by atoms with Crippen molar-refractivity contribution in [3.05, 3.63) is 87.3 Å². The monoisotopic (exact) mass is 451 g/mol. The minimum Gasteiger partial charge on any atom is -0.507 e. The molecule has 1 aromatic heterocycles. The van der Waals surface area contributed by atoms with E-state index in [4.69, 9.17) is 20.8 Å². The van der Waals surface area contributed by atoms with Crippen molar-refractivity contribution in [2.45, 2.75) is 26.8 Å². The number of ketones is 1. The number of anilines is 1. The molecule has 0 bridgehead atoms. The molecule has 0 spiro atoms. The van der Waals surface area contributed by atoms with Gasteiger partial charge in [0.05, 0.1) is 17.7 Å². The summed E-state index contributed by atoms with van der Waals surface area (Å²) in [6.45, 7) is 5.59. The quantitative estimate of drug-likeness (QED) is 0.322. The Hall–Kier alpha value is -3.51. The summed E-state index contributed by atoms with van der Waals surface area (Å²) in [5.41, 5.74) is 2.51. The van der Waals surface area contributed by atoms with Crippen LogP contribution in [0.5, 0.6) is 5.75 Å². The molecule has 2 heterocycles. The third-order valence-corrected chi connectivity index (χ3v) is 5.72. The molecule has 6 nitrogen and oxygen atoms in total. The number of carbonyl (C=O) groups excluding carboxylic acids is 2. The third-order valence-electron chi connectivity index (χ3n) is 5.39. The maximum atomic E-state index is 13.2. The van der Waals surface area contributed by atoms with E-state index in [0.717, 1.165) is 11.1 Å². The number of Topliss-reactive ketones (excluding diaryl/α,β-unsaturated/α-hetero) is 1. The number of benzene rings is 2. The van der Waals surface area contributed by atoms with Crippen molar-refractivity contribution in [1.29, 1.82) is 0 Å². The molecule has 1 saturated heterocycles. The standard InChI is InChI=1S/C25H22ClNO5/c1-13-9-14(2)11-16(10-13)27-22(20-8-5-15(3)32-20)21(24(29)25(27)30)23(28)18-12-17(31-4)6-7-19(18)26/h5-12,22,28H,1-4H3/b23-21+. The average molecular weight is 452 g/mol. The fourth-order valence-electron chi connectivity index (χ4n) is 4.02. The molecule has 1 aliphatic rings. The number of carbonyl (C=O) groups is 2. The van der Waals surface area contributed by atoms with Gasteiger partial charge in [-0.15, -0.1) is 0 Å². The van der Waals surface area contributed by atoms with Crippen LogP contribution in [0, 0.1) is 20.8 Å². The molecule has 1 aliphatic heterocycles. The number of halogens is 1. The first-order valence-corrected chi connectivity index (χ1v) is 10.4. The first-order chi connectivity index (χ1) is 15.2. The minimum absolute atomic E-state index is 0.0985. The Morgan fingerprint density at radius 1 is 1.03 bits per heavy atom. The summed E-state index contributed by atoms with van der Waals surface area (Å²) < 4.78 is 11.0. The van der Waals surface area contributed by atoms with Gasteiger partial charge < -0.3 is 14.3 Å². The highest BCUT2D eigenvalue weighted by Crippen LogP contribution is 2.44. The Balaban J connectivity index is 1.98. The van der Waals surface area contributed by atoms with Gasteiger partial charge in [-0.1, -0.05) is 17.7 Å². The number of aliphatic hydroxyl groups is 1. The van der Waals surface area contributed by atoms with E-state index >= 15 is 0 Å². The number of nitrogens with zero attached hydrogens (tertiary/aromatic N) is 1. The molecule has 2 aromatic carbocycles. The largest absolute Gasteiger partial charge is 0.507 e. The number of ether oxygens (including phenoxy) is 1. The zero-order valence-electron chi connectivity index (χ0n) is 18.1. The molecule has 0 radical (unpaired) electrons. The highest BCUT2D eigenvalue weighted by molar-refractivity contribution is 6.52. The fourth-order valence-corrected chi connectivity index (χ4v) is 4.22. The number of aryl methyl sites for hydroxylation is 3. The molecule has 1 amide bonds. The smallest absolute Gasteiger partial charge is 0.300 e. The number of aliphatic hydroxyl groups excluding tert-OH is 1. The van der Waals surface area contributed by atoms with Gasteiger partial charge in [-0.05, 0) is 74.4 Å². The number of furan rings is 1. The highest BCUT2D eigenvalue weighted by Gasteiger charge is 2.48. The van der Waals surface area contributed by atoms with Gasteiger partial charge >= 0.3 is 0 Å². The second-order valence-corrected chi connectivity index (χ2v) is 8.22. The molecule has 1 fully saturated rings. The molecule has 1 atom stereocenters. The van der Waals surface area contributed by atoms with Crippen LogP contribution in [-0.2, 0) is 9.59 Å². The summed E-state index contributed by atoms with van der Waals surface area (Å²) in [7, 11) is 1.48. The van der Waals surface area contributed by atoms with E-state index in [0.29, 0.717) is 23.0 Å². The van der Waals surface area contributed by atoms with Crippen LogP contribution in [0.1, 0.15) is 34.3 Å². The summed E-state index contributed by atoms with van der Waals surface area (Å²) >= 11 is 6.32. The van der Waals surface area contributed by atoms with Crippen molar-refractivity contribution in [2.24, 2.45) is 0 Å². The van der Waals surface area contributed by atoms with Crippen LogP contribution >= 0.6 is 11.6 Å². The van der Waals surface area contributed by atoms with Crippen molar-refractivity contribution in [3.63, 3.8) is 0 Å². The number of hydrogen-bond donors (Lipinski definition) is 1. The first-order valence-electron chi connectivity index (χ1n) is 10.0. The van der Waals surface area contributed by atoms with Crippen LogP contribution in [0.4, 0.5) is 5.69 Å². The zero-order valence-corrected chi connectivity index (χ0v) is 18.9. The summed E-state index contributed by atoms with van der Waals surface area (Å²) in [6.07, 6.45) is 0. The number of hydrogen-bond acceptors (Lipinski definition) is 5. The predicted molar refractivity (Wildman–Crippen MR) is 122 cm³/mol. The molecule has 7 heteroatoms. The zero-order chi connectivity index (χ0) is 23.2. The maximum Gasteiger partial charge on any atom is 0.300 e. The molecular formula is C25H22ClNO5. The van der Waals surface area contributed by atoms with Gasteiger partial charge in [0.1, 0.15) is 29.1 Å². The second kappa shape index (κ2) is 8.20. The SMILES string of the molecule is COc1ccc(Cl)c(/C(O)=C2\C(=O)C(=O)N(c3cc(C)cc(C)c3)C2c2ccc(C)o2)c1. The summed E-state index contributed by atoms with van der Waals surface area (Å²) in [4.78, 5) is 27.8. The molecule has 1 unspecified atom stereocenters. The first kappa shape index (κ1) is 21.7. The second-order valence-electron chi connectivity index (χ2n) is 7.81. The third kappa shape index (κ3) is 3.67. The molecule has 0 saturated carbocycles. The molecule has 0 aliphatic carbocycles. The van der Waals surface area contributed by atoms with Gasteiger partial charge in [0.25, 0.3) is 11.7 Å². The van der Waals surface area contributed by atoms with Gasteiger partial charge in [-0.25, -0.2) is 0 Å². The van der Waals surface area contributed by atoms with Gasteiger partial charge in [-0.3, -0.25) is 14.5 Å². The Labute approximate surface area is 190 Å². The molecular weight excluding hydrogens is 430 g/mol. The van der Waals surface area contributed by atoms with E-state index in [-0.39, 0.29) is 16.2 Å². The van der Waals surface area contributed by atoms with Crippen molar-refractivity contribution >= 4 is 34.7 Å². The Kier molecular flexibility index (Phi) is 5.57. The number of rotatable bonds is 4. The molecule has 32 heavy (non-hydrogen) atoms. The van der Waals surface area contributed by atoms with E-state index in [9.17, 15) is 14.7 Å². The number of amides is 1. The fraction of sp³-hybridized carbons (Fsp3) is 0.200.